The van der Waals surface area contributed by atoms with Crippen molar-refractivity contribution < 1.29 is 17.7 Å². The normalized spacial score (nSPS) is 11.8. The van der Waals surface area contributed by atoms with Gasteiger partial charge in [0, 0.05) is 6.26 Å². The van der Waals surface area contributed by atoms with Crippen molar-refractivity contribution in [2.75, 3.05) is 18.6 Å². The molecular weight excluding hydrogens is 204 g/mol. The zero-order valence-electron chi connectivity index (χ0n) is 8.14. The van der Waals surface area contributed by atoms with Gasteiger partial charge in [0.2, 0.25) is 6.33 Å². The minimum absolute atomic E-state index is 0.185. The van der Waals surface area contributed by atoms with Crippen molar-refractivity contribution in [3.8, 4) is 0 Å². The molecular formula is C8H15N2O3S+. The van der Waals surface area contributed by atoms with E-state index in [9.17, 15) is 8.42 Å². The summed E-state index contributed by atoms with van der Waals surface area (Å²) in [6.07, 6.45) is 7.19. The van der Waals surface area contributed by atoms with Crippen molar-refractivity contribution in [1.82, 2.24) is 4.98 Å². The molecule has 0 fully saturated rings. The van der Waals surface area contributed by atoms with Gasteiger partial charge in [-0.1, -0.05) is 0 Å². The lowest BCUT2D eigenvalue weighted by molar-refractivity contribution is -0.731. The molecule has 0 saturated carbocycles. The Balaban J connectivity index is 2.06. The lowest BCUT2D eigenvalue weighted by Gasteiger charge is -2.00. The number of sulfone groups is 1. The summed E-state index contributed by atoms with van der Waals surface area (Å²) in [5.41, 5.74) is 0. The molecule has 0 spiro atoms. The van der Waals surface area contributed by atoms with Crippen LogP contribution < -0.4 is 4.57 Å². The van der Waals surface area contributed by atoms with Crippen molar-refractivity contribution in [3.05, 3.63) is 18.7 Å². The van der Waals surface area contributed by atoms with Gasteiger partial charge in [0.05, 0.1) is 12.4 Å². The van der Waals surface area contributed by atoms with Gasteiger partial charge in [0.15, 0.2) is 6.73 Å². The maximum atomic E-state index is 10.8. The number of hydrogen-bond acceptors (Lipinski definition) is 3. The van der Waals surface area contributed by atoms with E-state index in [0.29, 0.717) is 19.8 Å². The number of nitrogens with one attached hydrogen (secondary N) is 1. The van der Waals surface area contributed by atoms with Gasteiger partial charge in [0.1, 0.15) is 22.2 Å². The Bertz CT molecular complexity index is 345. The van der Waals surface area contributed by atoms with Gasteiger partial charge in [-0.2, -0.15) is 0 Å². The number of hydrogen-bond donors (Lipinski definition) is 1. The predicted molar refractivity (Wildman–Crippen MR) is 51.3 cm³/mol. The minimum atomic E-state index is -2.85. The van der Waals surface area contributed by atoms with Crippen LogP contribution in [0.3, 0.4) is 0 Å². The van der Waals surface area contributed by atoms with E-state index in [1.807, 2.05) is 10.8 Å². The zero-order chi connectivity index (χ0) is 10.4. The van der Waals surface area contributed by atoms with Gasteiger partial charge >= 0.3 is 0 Å². The molecule has 1 rings (SSSR count). The van der Waals surface area contributed by atoms with E-state index in [4.69, 9.17) is 4.74 Å². The van der Waals surface area contributed by atoms with Crippen LogP contribution in [0.5, 0.6) is 0 Å². The van der Waals surface area contributed by atoms with Gasteiger partial charge in [0.25, 0.3) is 0 Å². The van der Waals surface area contributed by atoms with Crippen molar-refractivity contribution in [2.24, 2.45) is 0 Å². The summed E-state index contributed by atoms with van der Waals surface area (Å²) in [7, 11) is -2.85. The summed E-state index contributed by atoms with van der Waals surface area (Å²) in [6.45, 7) is 0.915. The molecule has 6 heteroatoms. The lowest BCUT2D eigenvalue weighted by atomic mass is 10.5. The number of aromatic amines is 1. The molecule has 0 aliphatic rings. The van der Waals surface area contributed by atoms with Crippen LogP contribution in [0.25, 0.3) is 0 Å². The van der Waals surface area contributed by atoms with Crippen molar-refractivity contribution in [2.45, 2.75) is 13.2 Å². The third kappa shape index (κ3) is 4.98. The fourth-order valence-electron chi connectivity index (χ4n) is 0.994. The molecule has 1 heterocycles. The number of aromatic nitrogens is 2. The summed E-state index contributed by atoms with van der Waals surface area (Å²) < 4.78 is 28.6. The molecule has 14 heavy (non-hydrogen) atoms. The number of ether oxygens (including phenoxy) is 1. The standard InChI is InChI=1S/C8H14N2O3S/c1-14(11,12)6-2-5-13-8-10-4-3-9-7-10/h3-4,7H,2,5-6,8H2,1H3/p+1. The lowest BCUT2D eigenvalue weighted by Crippen LogP contribution is -2.32. The first kappa shape index (κ1) is 11.2. The number of nitrogens with zero attached hydrogens (tertiary/aromatic N) is 1. The van der Waals surface area contributed by atoms with Crippen LogP contribution in [-0.2, 0) is 21.3 Å². The largest absolute Gasteiger partial charge is 0.342 e. The fourth-order valence-corrected chi connectivity index (χ4v) is 1.64. The van der Waals surface area contributed by atoms with Gasteiger partial charge in [-0.15, -0.1) is 0 Å². The van der Waals surface area contributed by atoms with E-state index in [1.54, 1.807) is 12.5 Å². The van der Waals surface area contributed by atoms with Crippen LogP contribution in [0.2, 0.25) is 0 Å². The third-order valence-corrected chi connectivity index (χ3v) is 2.68. The SMILES string of the molecule is CS(=O)(=O)CCCOC[n+]1cc[nH]c1. The Labute approximate surface area is 83.6 Å². The molecule has 1 aromatic heterocycles. The van der Waals surface area contributed by atoms with Crippen molar-refractivity contribution in [3.63, 3.8) is 0 Å². The zero-order valence-corrected chi connectivity index (χ0v) is 8.96. The first-order valence-corrected chi connectivity index (χ1v) is 6.41. The molecule has 1 N–H and O–H groups in total. The number of imidazole rings is 1. The quantitative estimate of drug-likeness (QED) is 0.528. The van der Waals surface area contributed by atoms with Crippen molar-refractivity contribution in [1.29, 1.82) is 0 Å². The Kier molecular flexibility index (Phi) is 4.09. The molecule has 5 nitrogen and oxygen atoms in total. The average molecular weight is 219 g/mol. The van der Waals surface area contributed by atoms with Crippen LogP contribution in [0, 0.1) is 0 Å². The first-order chi connectivity index (χ1) is 6.58. The molecule has 0 saturated heterocycles. The second-order valence-electron chi connectivity index (χ2n) is 3.15. The van der Waals surface area contributed by atoms with Crippen LogP contribution in [0.4, 0.5) is 0 Å². The Hall–Kier alpha value is -0.880. The highest BCUT2D eigenvalue weighted by atomic mass is 32.2. The van der Waals surface area contributed by atoms with Crippen molar-refractivity contribution >= 4 is 9.84 Å². The highest BCUT2D eigenvalue weighted by Crippen LogP contribution is 1.89. The summed E-state index contributed by atoms with van der Waals surface area (Å²) in [5, 5.41) is 0. The summed E-state index contributed by atoms with van der Waals surface area (Å²) in [5.74, 6) is 0.185. The number of H-pyrrole nitrogens is 1. The van der Waals surface area contributed by atoms with Gasteiger partial charge < -0.3 is 4.74 Å². The molecule has 0 unspecified atom stereocenters. The molecule has 0 aliphatic carbocycles. The van der Waals surface area contributed by atoms with Crippen LogP contribution >= 0.6 is 0 Å². The summed E-state index contributed by atoms with van der Waals surface area (Å²) in [6, 6.07) is 0. The van der Waals surface area contributed by atoms with Gasteiger partial charge in [-0.25, -0.2) is 13.0 Å². The number of rotatable bonds is 6. The molecule has 80 valence electrons. The van der Waals surface area contributed by atoms with Gasteiger partial charge in [-0.3, -0.25) is 4.98 Å². The average Bonchev–Trinajstić information content (AvgIpc) is 2.54. The Morgan fingerprint density at radius 3 is 2.86 bits per heavy atom. The topological polar surface area (TPSA) is 63.0 Å². The van der Waals surface area contributed by atoms with E-state index in [1.165, 1.54) is 6.26 Å². The van der Waals surface area contributed by atoms with E-state index in [-0.39, 0.29) is 5.75 Å². The van der Waals surface area contributed by atoms with E-state index in [2.05, 4.69) is 4.98 Å². The maximum absolute atomic E-state index is 10.8. The molecule has 0 bridgehead atoms. The predicted octanol–water partition coefficient (Wildman–Crippen LogP) is -0.289. The smallest absolute Gasteiger partial charge is 0.243 e. The second kappa shape index (κ2) is 5.11. The van der Waals surface area contributed by atoms with Crippen LogP contribution in [0.1, 0.15) is 6.42 Å². The molecule has 1 aromatic rings. The highest BCUT2D eigenvalue weighted by Gasteiger charge is 2.01. The monoisotopic (exact) mass is 219 g/mol. The summed E-state index contributed by atoms with van der Waals surface area (Å²) in [4.78, 5) is 2.88. The molecule has 0 radical (unpaired) electrons. The fraction of sp³-hybridized carbons (Fsp3) is 0.625. The van der Waals surface area contributed by atoms with E-state index >= 15 is 0 Å². The minimum Gasteiger partial charge on any atom is -0.342 e. The van der Waals surface area contributed by atoms with Crippen LogP contribution in [-0.4, -0.2) is 32.0 Å². The summed E-state index contributed by atoms with van der Waals surface area (Å²) >= 11 is 0. The molecule has 0 atom stereocenters. The molecule has 0 aliphatic heterocycles. The van der Waals surface area contributed by atoms with E-state index < -0.39 is 9.84 Å². The molecule has 0 amide bonds. The third-order valence-electron chi connectivity index (χ3n) is 1.65. The second-order valence-corrected chi connectivity index (χ2v) is 5.41. The Morgan fingerprint density at radius 2 is 2.29 bits per heavy atom. The van der Waals surface area contributed by atoms with E-state index in [0.717, 1.165) is 0 Å². The maximum Gasteiger partial charge on any atom is 0.243 e. The molecule has 0 aromatic carbocycles. The van der Waals surface area contributed by atoms with Gasteiger partial charge in [-0.05, 0) is 6.42 Å². The van der Waals surface area contributed by atoms with Crippen LogP contribution in [0.15, 0.2) is 18.7 Å². The Morgan fingerprint density at radius 1 is 1.50 bits per heavy atom. The highest BCUT2D eigenvalue weighted by molar-refractivity contribution is 7.90. The first-order valence-electron chi connectivity index (χ1n) is 4.35.